The molecule has 2 aromatic heterocycles. The highest BCUT2D eigenvalue weighted by molar-refractivity contribution is 5.60. The number of benzene rings is 1. The maximum absolute atomic E-state index is 4.35. The fourth-order valence-electron chi connectivity index (χ4n) is 2.19. The Labute approximate surface area is 123 Å². The van der Waals surface area contributed by atoms with Crippen LogP contribution in [0, 0.1) is 0 Å². The highest BCUT2D eigenvalue weighted by atomic mass is 15.3. The number of rotatable bonds is 5. The number of nitrogens with zero attached hydrogens (tertiary/aromatic N) is 3. The summed E-state index contributed by atoms with van der Waals surface area (Å²) in [6.07, 6.45) is 1.80. The van der Waals surface area contributed by atoms with Gasteiger partial charge in [-0.15, -0.1) is 0 Å². The molecule has 1 aromatic carbocycles. The van der Waals surface area contributed by atoms with Gasteiger partial charge in [0.05, 0.1) is 5.69 Å². The lowest BCUT2D eigenvalue weighted by atomic mass is 10.1. The molecule has 106 valence electrons. The Morgan fingerprint density at radius 2 is 1.86 bits per heavy atom. The largest absolute Gasteiger partial charge is 0.303 e. The summed E-state index contributed by atoms with van der Waals surface area (Å²) < 4.78 is 0. The average molecular weight is 279 g/mol. The predicted octanol–water partition coefficient (Wildman–Crippen LogP) is 2.72. The van der Waals surface area contributed by atoms with Crippen LogP contribution in [0.4, 0.5) is 0 Å². The Bertz CT molecular complexity index is 678. The van der Waals surface area contributed by atoms with E-state index in [2.05, 4.69) is 32.6 Å². The molecular formula is C16H17N5. The van der Waals surface area contributed by atoms with Crippen LogP contribution in [0.1, 0.15) is 24.4 Å². The maximum Gasteiger partial charge on any atom is 0.117 e. The molecule has 0 amide bonds. The minimum Gasteiger partial charge on any atom is -0.303 e. The first-order chi connectivity index (χ1) is 10.3. The third-order valence-electron chi connectivity index (χ3n) is 3.37. The van der Waals surface area contributed by atoms with Gasteiger partial charge in [-0.05, 0) is 19.1 Å². The van der Waals surface area contributed by atoms with Gasteiger partial charge in [-0.3, -0.25) is 4.98 Å². The molecule has 5 heteroatoms. The van der Waals surface area contributed by atoms with Gasteiger partial charge in [0.2, 0.25) is 0 Å². The molecule has 0 aliphatic heterocycles. The molecule has 0 aliphatic carbocycles. The number of pyridine rings is 1. The maximum atomic E-state index is 4.35. The van der Waals surface area contributed by atoms with E-state index in [9.17, 15) is 0 Å². The lowest BCUT2D eigenvalue weighted by Crippen LogP contribution is -2.19. The first-order valence-corrected chi connectivity index (χ1v) is 6.94. The summed E-state index contributed by atoms with van der Waals surface area (Å²) >= 11 is 0. The van der Waals surface area contributed by atoms with Crippen LogP contribution in [-0.4, -0.2) is 20.4 Å². The third-order valence-corrected chi connectivity index (χ3v) is 3.37. The number of H-pyrrole nitrogens is 1. The molecule has 1 unspecified atom stereocenters. The van der Waals surface area contributed by atoms with Crippen LogP contribution in [0.15, 0.2) is 54.7 Å². The summed E-state index contributed by atoms with van der Waals surface area (Å²) in [5, 5.41) is 14.6. The second-order valence-corrected chi connectivity index (χ2v) is 4.84. The van der Waals surface area contributed by atoms with Crippen molar-refractivity contribution in [3.63, 3.8) is 0 Å². The average Bonchev–Trinajstić information content (AvgIpc) is 3.03. The van der Waals surface area contributed by atoms with Crippen molar-refractivity contribution in [2.24, 2.45) is 0 Å². The van der Waals surface area contributed by atoms with E-state index in [1.54, 1.807) is 6.20 Å². The predicted molar refractivity (Wildman–Crippen MR) is 81.3 cm³/mol. The van der Waals surface area contributed by atoms with Gasteiger partial charge < -0.3 is 5.32 Å². The molecule has 0 fully saturated rings. The number of nitrogens with one attached hydrogen (secondary N) is 2. The minimum atomic E-state index is 0.159. The summed E-state index contributed by atoms with van der Waals surface area (Å²) in [5.41, 5.74) is 3.87. The zero-order chi connectivity index (χ0) is 14.5. The molecule has 2 N–H and O–H groups in total. The Kier molecular flexibility index (Phi) is 4.02. The van der Waals surface area contributed by atoms with Crippen molar-refractivity contribution in [1.82, 2.24) is 25.7 Å². The molecule has 3 rings (SSSR count). The number of aromatic nitrogens is 4. The molecule has 2 heterocycles. The Balaban J connectivity index is 1.71. The lowest BCUT2D eigenvalue weighted by Gasteiger charge is -2.12. The summed E-state index contributed by atoms with van der Waals surface area (Å²) in [5.74, 6) is 0. The van der Waals surface area contributed by atoms with Crippen LogP contribution < -0.4 is 5.32 Å². The summed E-state index contributed by atoms with van der Waals surface area (Å²) in [6, 6.07) is 16.1. The van der Waals surface area contributed by atoms with Crippen molar-refractivity contribution in [2.45, 2.75) is 19.5 Å². The van der Waals surface area contributed by atoms with Crippen LogP contribution >= 0.6 is 0 Å². The molecule has 3 aromatic rings. The topological polar surface area (TPSA) is 66.5 Å². The van der Waals surface area contributed by atoms with E-state index in [0.717, 1.165) is 22.6 Å². The molecule has 0 aliphatic rings. The molecule has 0 saturated heterocycles. The minimum absolute atomic E-state index is 0.159. The first kappa shape index (κ1) is 13.5. The van der Waals surface area contributed by atoms with Crippen molar-refractivity contribution in [1.29, 1.82) is 0 Å². The van der Waals surface area contributed by atoms with Crippen molar-refractivity contribution >= 4 is 0 Å². The van der Waals surface area contributed by atoms with Crippen molar-refractivity contribution in [3.05, 3.63) is 66.1 Å². The molecule has 0 radical (unpaired) electrons. The smallest absolute Gasteiger partial charge is 0.117 e. The van der Waals surface area contributed by atoms with Crippen molar-refractivity contribution < 1.29 is 0 Å². The van der Waals surface area contributed by atoms with Crippen molar-refractivity contribution in [2.75, 3.05) is 0 Å². The van der Waals surface area contributed by atoms with Gasteiger partial charge >= 0.3 is 0 Å². The van der Waals surface area contributed by atoms with Gasteiger partial charge in [-0.2, -0.15) is 15.4 Å². The van der Waals surface area contributed by atoms with Crippen LogP contribution in [0.3, 0.4) is 0 Å². The summed E-state index contributed by atoms with van der Waals surface area (Å²) in [7, 11) is 0. The van der Waals surface area contributed by atoms with E-state index in [1.165, 1.54) is 0 Å². The zero-order valence-electron chi connectivity index (χ0n) is 11.8. The van der Waals surface area contributed by atoms with E-state index >= 15 is 0 Å². The van der Waals surface area contributed by atoms with Crippen molar-refractivity contribution in [3.8, 4) is 11.3 Å². The fourth-order valence-corrected chi connectivity index (χ4v) is 2.19. The van der Waals surface area contributed by atoms with Gasteiger partial charge in [0.25, 0.3) is 0 Å². The van der Waals surface area contributed by atoms with Gasteiger partial charge in [0.1, 0.15) is 11.4 Å². The Morgan fingerprint density at radius 3 is 2.62 bits per heavy atom. The van der Waals surface area contributed by atoms with E-state index in [-0.39, 0.29) is 6.04 Å². The Hall–Kier alpha value is -2.53. The van der Waals surface area contributed by atoms with Gasteiger partial charge in [-0.1, -0.05) is 36.4 Å². The summed E-state index contributed by atoms with van der Waals surface area (Å²) in [4.78, 5) is 4.35. The van der Waals surface area contributed by atoms with Crippen LogP contribution in [0.2, 0.25) is 0 Å². The van der Waals surface area contributed by atoms with Crippen LogP contribution in [-0.2, 0) is 6.54 Å². The van der Waals surface area contributed by atoms with E-state index in [1.807, 2.05) is 48.5 Å². The summed E-state index contributed by atoms with van der Waals surface area (Å²) in [6.45, 7) is 2.73. The third kappa shape index (κ3) is 3.14. The lowest BCUT2D eigenvalue weighted by molar-refractivity contribution is 0.555. The molecule has 0 spiro atoms. The molecule has 5 nitrogen and oxygen atoms in total. The van der Waals surface area contributed by atoms with Crippen LogP contribution in [0.5, 0.6) is 0 Å². The second-order valence-electron chi connectivity index (χ2n) is 4.84. The first-order valence-electron chi connectivity index (χ1n) is 6.94. The highest BCUT2D eigenvalue weighted by Crippen LogP contribution is 2.19. The monoisotopic (exact) mass is 279 g/mol. The van der Waals surface area contributed by atoms with Gasteiger partial charge in [0.15, 0.2) is 0 Å². The van der Waals surface area contributed by atoms with Gasteiger partial charge in [-0.25, -0.2) is 0 Å². The normalized spacial score (nSPS) is 12.2. The van der Waals surface area contributed by atoms with E-state index in [0.29, 0.717) is 6.54 Å². The number of hydrogen-bond donors (Lipinski definition) is 2. The zero-order valence-corrected chi connectivity index (χ0v) is 11.8. The SMILES string of the molecule is CC(NCc1n[nH]nc1-c1ccccc1)c1ccccn1. The molecular weight excluding hydrogens is 262 g/mol. The van der Waals surface area contributed by atoms with E-state index in [4.69, 9.17) is 0 Å². The molecule has 0 bridgehead atoms. The van der Waals surface area contributed by atoms with Crippen LogP contribution in [0.25, 0.3) is 11.3 Å². The van der Waals surface area contributed by atoms with Gasteiger partial charge in [0, 0.05) is 24.3 Å². The standard InChI is InChI=1S/C16H17N5/c1-12(14-9-5-6-10-17-14)18-11-15-16(20-21-19-15)13-7-3-2-4-8-13/h2-10,12,18H,11H2,1H3,(H,19,20,21). The number of hydrogen-bond acceptors (Lipinski definition) is 4. The molecule has 0 saturated carbocycles. The molecule has 1 atom stereocenters. The molecule has 21 heavy (non-hydrogen) atoms. The Morgan fingerprint density at radius 1 is 1.05 bits per heavy atom. The highest BCUT2D eigenvalue weighted by Gasteiger charge is 2.12. The second kappa shape index (κ2) is 6.28. The fraction of sp³-hybridized carbons (Fsp3) is 0.188. The number of aromatic amines is 1. The van der Waals surface area contributed by atoms with E-state index < -0.39 is 0 Å². The quantitative estimate of drug-likeness (QED) is 0.753.